The van der Waals surface area contributed by atoms with Crippen molar-refractivity contribution in [2.24, 2.45) is 0 Å². The molecule has 6 heteroatoms. The molecular formula is C7H7KO4S. The van der Waals surface area contributed by atoms with Gasteiger partial charge in [-0.1, -0.05) is 0 Å². The van der Waals surface area contributed by atoms with Crippen molar-refractivity contribution in [1.82, 2.24) is 0 Å². The van der Waals surface area contributed by atoms with Crippen molar-refractivity contribution in [3.63, 3.8) is 0 Å². The average molecular weight is 226 g/mol. The fourth-order valence-electron chi connectivity index (χ4n) is 0.742. The number of hydrogen-bond donors (Lipinski definition) is 0. The van der Waals surface area contributed by atoms with Crippen LogP contribution in [0.3, 0.4) is 0 Å². The third kappa shape index (κ3) is 4.07. The summed E-state index contributed by atoms with van der Waals surface area (Å²) in [6.45, 7) is 0. The average Bonchev–Trinajstić information content (AvgIpc) is 2.03. The first-order chi connectivity index (χ1) is 5.54. The van der Waals surface area contributed by atoms with Crippen molar-refractivity contribution in [3.05, 3.63) is 24.3 Å². The summed E-state index contributed by atoms with van der Waals surface area (Å²) >= 11 is 0. The van der Waals surface area contributed by atoms with Crippen LogP contribution in [0.5, 0.6) is 5.75 Å². The van der Waals surface area contributed by atoms with Crippen molar-refractivity contribution >= 4 is 10.1 Å². The second-order valence-corrected chi connectivity index (χ2v) is 3.51. The van der Waals surface area contributed by atoms with E-state index in [2.05, 4.69) is 0 Å². The van der Waals surface area contributed by atoms with E-state index in [-0.39, 0.29) is 56.3 Å². The summed E-state index contributed by atoms with van der Waals surface area (Å²) in [5.74, 6) is 0.516. The molecule has 0 aliphatic rings. The van der Waals surface area contributed by atoms with Crippen molar-refractivity contribution < 1.29 is 69.1 Å². The van der Waals surface area contributed by atoms with Crippen LogP contribution in [0.15, 0.2) is 29.2 Å². The summed E-state index contributed by atoms with van der Waals surface area (Å²) in [5.41, 5.74) is 0. The Kier molecular flexibility index (Phi) is 5.69. The number of ether oxygens (including phenoxy) is 1. The molecule has 1 rings (SSSR count). The van der Waals surface area contributed by atoms with E-state index < -0.39 is 10.1 Å². The van der Waals surface area contributed by atoms with E-state index in [1.165, 1.54) is 31.4 Å². The molecular weight excluding hydrogens is 219 g/mol. The van der Waals surface area contributed by atoms with Crippen LogP contribution < -0.4 is 56.1 Å². The molecule has 0 fully saturated rings. The normalized spacial score (nSPS) is 10.3. The maximum Gasteiger partial charge on any atom is 1.00 e. The van der Waals surface area contributed by atoms with Crippen LogP contribution in [-0.4, -0.2) is 20.1 Å². The van der Waals surface area contributed by atoms with Gasteiger partial charge in [0.05, 0.1) is 12.0 Å². The minimum Gasteiger partial charge on any atom is -0.744 e. The van der Waals surface area contributed by atoms with E-state index in [1.807, 2.05) is 0 Å². The van der Waals surface area contributed by atoms with E-state index in [1.54, 1.807) is 0 Å². The molecule has 1 aromatic carbocycles. The first-order valence-electron chi connectivity index (χ1n) is 3.14. The van der Waals surface area contributed by atoms with Crippen molar-refractivity contribution in [3.8, 4) is 5.75 Å². The van der Waals surface area contributed by atoms with Crippen LogP contribution in [0.4, 0.5) is 0 Å². The van der Waals surface area contributed by atoms with Crippen LogP contribution in [0.2, 0.25) is 0 Å². The summed E-state index contributed by atoms with van der Waals surface area (Å²) in [4.78, 5) is -0.247. The molecule has 0 aliphatic heterocycles. The van der Waals surface area contributed by atoms with Gasteiger partial charge in [0.25, 0.3) is 0 Å². The fourth-order valence-corrected chi connectivity index (χ4v) is 1.21. The molecule has 0 spiro atoms. The second kappa shape index (κ2) is 5.45. The van der Waals surface area contributed by atoms with Gasteiger partial charge in [0, 0.05) is 0 Å². The number of methoxy groups -OCH3 is 1. The number of rotatable bonds is 2. The Labute approximate surface area is 119 Å². The van der Waals surface area contributed by atoms with Crippen molar-refractivity contribution in [2.45, 2.75) is 4.90 Å². The molecule has 0 saturated heterocycles. The zero-order valence-electron chi connectivity index (χ0n) is 7.35. The molecule has 1 aromatic rings. The fraction of sp³-hybridized carbons (Fsp3) is 0.143. The topological polar surface area (TPSA) is 66.4 Å². The van der Waals surface area contributed by atoms with Gasteiger partial charge in [0.15, 0.2) is 0 Å². The van der Waals surface area contributed by atoms with E-state index in [4.69, 9.17) is 4.74 Å². The van der Waals surface area contributed by atoms with Crippen LogP contribution >= 0.6 is 0 Å². The summed E-state index contributed by atoms with van der Waals surface area (Å²) in [5, 5.41) is 0. The summed E-state index contributed by atoms with van der Waals surface area (Å²) in [6, 6.07) is 5.26. The third-order valence-electron chi connectivity index (χ3n) is 1.35. The molecule has 0 bridgehead atoms. The molecule has 0 heterocycles. The maximum absolute atomic E-state index is 10.4. The van der Waals surface area contributed by atoms with Crippen LogP contribution in [0, 0.1) is 0 Å². The minimum atomic E-state index is -4.33. The quantitative estimate of drug-likeness (QED) is 0.417. The molecule has 0 radical (unpaired) electrons. The van der Waals surface area contributed by atoms with Crippen molar-refractivity contribution in [1.29, 1.82) is 0 Å². The Balaban J connectivity index is 0.00000144. The Bertz CT molecular complexity index is 357. The molecule has 0 saturated carbocycles. The van der Waals surface area contributed by atoms with E-state index in [0.717, 1.165) is 0 Å². The van der Waals surface area contributed by atoms with E-state index in [0.29, 0.717) is 5.75 Å². The molecule has 13 heavy (non-hydrogen) atoms. The van der Waals surface area contributed by atoms with Gasteiger partial charge >= 0.3 is 51.4 Å². The molecule has 0 N–H and O–H groups in total. The standard InChI is InChI=1S/C7H8O4S.K/c1-11-6-2-4-7(5-3-6)12(8,9)10;/h2-5H,1H3,(H,8,9,10);/q;+1/p-1. The predicted molar refractivity (Wildman–Crippen MR) is 41.0 cm³/mol. The second-order valence-electron chi connectivity index (χ2n) is 2.13. The van der Waals surface area contributed by atoms with Gasteiger partial charge in [0.1, 0.15) is 15.9 Å². The number of benzene rings is 1. The monoisotopic (exact) mass is 226 g/mol. The Morgan fingerprint density at radius 3 is 2.00 bits per heavy atom. The van der Waals surface area contributed by atoms with Gasteiger partial charge in [-0.25, -0.2) is 8.42 Å². The Morgan fingerprint density at radius 2 is 1.69 bits per heavy atom. The third-order valence-corrected chi connectivity index (χ3v) is 2.20. The zero-order chi connectivity index (χ0) is 9.19. The van der Waals surface area contributed by atoms with Gasteiger partial charge in [-0.2, -0.15) is 0 Å². The van der Waals surface area contributed by atoms with Crippen LogP contribution in [0.1, 0.15) is 0 Å². The minimum absolute atomic E-state index is 0. The Morgan fingerprint density at radius 1 is 1.23 bits per heavy atom. The van der Waals surface area contributed by atoms with Crippen LogP contribution in [-0.2, 0) is 10.1 Å². The van der Waals surface area contributed by atoms with Gasteiger partial charge in [-0.05, 0) is 24.3 Å². The van der Waals surface area contributed by atoms with E-state index in [9.17, 15) is 13.0 Å². The molecule has 0 aromatic heterocycles. The molecule has 0 atom stereocenters. The van der Waals surface area contributed by atoms with Crippen molar-refractivity contribution in [2.75, 3.05) is 7.11 Å². The summed E-state index contributed by atoms with van der Waals surface area (Å²) in [6.07, 6.45) is 0. The molecule has 0 amide bonds. The van der Waals surface area contributed by atoms with Gasteiger partial charge in [-0.15, -0.1) is 0 Å². The number of hydrogen-bond acceptors (Lipinski definition) is 4. The van der Waals surface area contributed by atoms with Crippen LogP contribution in [0.25, 0.3) is 0 Å². The summed E-state index contributed by atoms with van der Waals surface area (Å²) < 4.78 is 36.1. The smallest absolute Gasteiger partial charge is 0.744 e. The molecule has 4 nitrogen and oxygen atoms in total. The maximum atomic E-state index is 10.4. The molecule has 66 valence electrons. The molecule has 0 unspecified atom stereocenters. The zero-order valence-corrected chi connectivity index (χ0v) is 11.3. The summed E-state index contributed by atoms with van der Waals surface area (Å²) in [7, 11) is -2.87. The Hall–Kier alpha value is 0.566. The molecule has 0 aliphatic carbocycles. The van der Waals surface area contributed by atoms with Gasteiger partial charge in [0.2, 0.25) is 0 Å². The largest absolute Gasteiger partial charge is 1.00 e. The van der Waals surface area contributed by atoms with Gasteiger partial charge in [-0.3, -0.25) is 0 Å². The predicted octanol–water partition coefficient (Wildman–Crippen LogP) is -2.40. The van der Waals surface area contributed by atoms with E-state index >= 15 is 0 Å². The first kappa shape index (κ1) is 13.6. The SMILES string of the molecule is COc1ccc(S(=O)(=O)[O-])cc1.[K+]. The van der Waals surface area contributed by atoms with Gasteiger partial charge < -0.3 is 9.29 Å². The first-order valence-corrected chi connectivity index (χ1v) is 4.55.